The van der Waals surface area contributed by atoms with E-state index in [1.54, 1.807) is 6.92 Å². The largest absolute Gasteiger partial charge is 0.443 e. The van der Waals surface area contributed by atoms with Gasteiger partial charge < -0.3 is 24.9 Å². The summed E-state index contributed by atoms with van der Waals surface area (Å²) in [5, 5.41) is 19.0. The fourth-order valence-electron chi connectivity index (χ4n) is 4.25. The van der Waals surface area contributed by atoms with Crippen LogP contribution in [0.1, 0.15) is 25.8 Å². The number of nitrogens with two attached hydrogens (primary N) is 1. The maximum absolute atomic E-state index is 13.3. The first-order valence-corrected chi connectivity index (χ1v) is 13.8. The van der Waals surface area contributed by atoms with Crippen molar-refractivity contribution >= 4 is 39.2 Å². The van der Waals surface area contributed by atoms with Gasteiger partial charge in [0.2, 0.25) is 10.0 Å². The van der Waals surface area contributed by atoms with Gasteiger partial charge >= 0.3 is 5.97 Å². The molecule has 0 radical (unpaired) electrons. The minimum Gasteiger partial charge on any atom is -0.443 e. The fourth-order valence-corrected chi connectivity index (χ4v) is 6.04. The first-order valence-electron chi connectivity index (χ1n) is 12.4. The van der Waals surface area contributed by atoms with Gasteiger partial charge in [-0.3, -0.25) is 14.2 Å². The van der Waals surface area contributed by atoms with Gasteiger partial charge in [0.1, 0.15) is 6.61 Å². The Labute approximate surface area is 246 Å². The van der Waals surface area contributed by atoms with E-state index >= 15 is 0 Å². The molecule has 1 aromatic heterocycles. The van der Waals surface area contributed by atoms with E-state index < -0.39 is 63.2 Å². The molecule has 2 aromatic rings. The summed E-state index contributed by atoms with van der Waals surface area (Å²) < 4.78 is 39.7. The highest BCUT2D eigenvalue weighted by atomic mass is 35.5. The van der Waals surface area contributed by atoms with Gasteiger partial charge in [-0.1, -0.05) is 6.07 Å². The molecule has 0 bridgehead atoms. The molecule has 19 heteroatoms. The van der Waals surface area contributed by atoms with Crippen LogP contribution in [0.25, 0.3) is 10.8 Å². The Morgan fingerprint density at radius 3 is 2.50 bits per heavy atom. The zero-order valence-corrected chi connectivity index (χ0v) is 24.6. The van der Waals surface area contributed by atoms with Crippen molar-refractivity contribution in [2.24, 2.45) is 11.1 Å². The summed E-state index contributed by atoms with van der Waals surface area (Å²) in [6.07, 6.45) is 0.508. The molecule has 42 heavy (non-hydrogen) atoms. The van der Waals surface area contributed by atoms with E-state index in [1.807, 2.05) is 0 Å². The lowest BCUT2D eigenvalue weighted by molar-refractivity contribution is -0.790. The number of carbonyl (C=O) groups is 1. The van der Waals surface area contributed by atoms with Crippen LogP contribution in [0.3, 0.4) is 0 Å². The van der Waals surface area contributed by atoms with Crippen LogP contribution < -0.4 is 11.3 Å². The molecule has 234 valence electrons. The Hall–Kier alpha value is -3.58. The van der Waals surface area contributed by atoms with Crippen molar-refractivity contribution in [1.82, 2.24) is 8.87 Å². The first-order chi connectivity index (χ1) is 19.1. The molecular formula is C23H32ClN5O12S. The van der Waals surface area contributed by atoms with Gasteiger partial charge in [0, 0.05) is 36.1 Å². The van der Waals surface area contributed by atoms with Crippen molar-refractivity contribution in [3.05, 3.63) is 60.5 Å². The lowest BCUT2D eigenvalue weighted by Crippen LogP contribution is -2.36. The van der Waals surface area contributed by atoms with Crippen molar-refractivity contribution in [2.75, 3.05) is 32.9 Å². The maximum Gasteiger partial charge on any atom is 0.315 e. The number of carbonyl (C=O) groups excluding carboxylic acids is 1. The summed E-state index contributed by atoms with van der Waals surface area (Å²) in [5.41, 5.74) is 4.48. The second-order valence-electron chi connectivity index (χ2n) is 10.1. The quantitative estimate of drug-likeness (QED) is 0.172. The summed E-state index contributed by atoms with van der Waals surface area (Å²) in [5.74, 6) is -0.780. The van der Waals surface area contributed by atoms with Crippen LogP contribution >= 0.6 is 12.4 Å². The topological polar surface area (TPSA) is 226 Å². The highest BCUT2D eigenvalue weighted by Gasteiger charge is 2.33. The number of esters is 1. The summed E-state index contributed by atoms with van der Waals surface area (Å²) in [6, 6.07) is 4.13. The standard InChI is InChI=1S/C23H31N5O12S.ClH/c1-15-9-25(14-38-22(30)23(2,3)13-37-11-17(40-28(33)34)12-39-27(31)32)21(29)18-5-4-6-19(20(15)18)41(35,36)26-8-7-16(24)10-26;/h4-6,9,16-17H,7-8,10-14,24H2,1-3H3;1H/t16-,17?;/m0./s1. The van der Waals surface area contributed by atoms with Crippen LogP contribution in [-0.4, -0.2) is 78.5 Å². The summed E-state index contributed by atoms with van der Waals surface area (Å²) in [7, 11) is -3.91. The third kappa shape index (κ3) is 8.25. The monoisotopic (exact) mass is 637 g/mol. The van der Waals surface area contributed by atoms with E-state index in [0.29, 0.717) is 12.0 Å². The molecule has 3 rings (SSSR count). The van der Waals surface area contributed by atoms with E-state index in [4.69, 9.17) is 15.2 Å². The summed E-state index contributed by atoms with van der Waals surface area (Å²) in [6.45, 7) is 2.96. The number of halogens is 1. The van der Waals surface area contributed by atoms with Crippen LogP contribution in [0, 0.1) is 32.6 Å². The van der Waals surface area contributed by atoms with Gasteiger partial charge in [-0.05, 0) is 44.9 Å². The number of pyridine rings is 1. The molecule has 1 unspecified atom stereocenters. The molecular weight excluding hydrogens is 606 g/mol. The smallest absolute Gasteiger partial charge is 0.315 e. The van der Waals surface area contributed by atoms with Gasteiger partial charge in [0.25, 0.3) is 15.7 Å². The first kappa shape index (κ1) is 34.6. The summed E-state index contributed by atoms with van der Waals surface area (Å²) in [4.78, 5) is 55.3. The molecule has 1 aliphatic heterocycles. The van der Waals surface area contributed by atoms with Gasteiger partial charge in [0.15, 0.2) is 12.8 Å². The van der Waals surface area contributed by atoms with E-state index in [9.17, 15) is 38.2 Å². The third-order valence-electron chi connectivity index (χ3n) is 6.32. The molecule has 1 saturated heterocycles. The molecule has 0 aliphatic carbocycles. The van der Waals surface area contributed by atoms with Crippen LogP contribution in [0.4, 0.5) is 0 Å². The Balaban J connectivity index is 0.00000616. The van der Waals surface area contributed by atoms with Crippen LogP contribution in [0.2, 0.25) is 0 Å². The number of sulfonamides is 1. The van der Waals surface area contributed by atoms with E-state index in [2.05, 4.69) is 9.68 Å². The van der Waals surface area contributed by atoms with Crippen LogP contribution in [0.5, 0.6) is 0 Å². The van der Waals surface area contributed by atoms with Gasteiger partial charge in [0.05, 0.1) is 23.5 Å². The molecule has 2 heterocycles. The van der Waals surface area contributed by atoms with E-state index in [-0.39, 0.29) is 53.8 Å². The number of rotatable bonds is 14. The summed E-state index contributed by atoms with van der Waals surface area (Å²) >= 11 is 0. The average Bonchev–Trinajstić information content (AvgIpc) is 3.34. The molecule has 0 amide bonds. The number of benzene rings is 1. The number of nitrogens with zero attached hydrogens (tertiary/aromatic N) is 4. The Kier molecular flexibility index (Phi) is 11.6. The van der Waals surface area contributed by atoms with E-state index in [1.165, 1.54) is 42.5 Å². The highest BCUT2D eigenvalue weighted by molar-refractivity contribution is 7.89. The maximum atomic E-state index is 13.3. The van der Waals surface area contributed by atoms with Gasteiger partial charge in [-0.25, -0.2) is 8.42 Å². The normalized spacial score (nSPS) is 16.4. The molecule has 2 atom stereocenters. The predicted molar refractivity (Wildman–Crippen MR) is 147 cm³/mol. The second-order valence-corrected chi connectivity index (χ2v) is 12.0. The Morgan fingerprint density at radius 2 is 1.90 bits per heavy atom. The highest BCUT2D eigenvalue weighted by Crippen LogP contribution is 2.29. The lowest BCUT2D eigenvalue weighted by atomic mass is 9.95. The minimum absolute atomic E-state index is 0. The number of hydrogen-bond acceptors (Lipinski definition) is 13. The van der Waals surface area contributed by atoms with Crippen molar-refractivity contribution in [1.29, 1.82) is 0 Å². The molecule has 1 aliphatic rings. The molecule has 0 spiro atoms. The van der Waals surface area contributed by atoms with Gasteiger partial charge in [-0.15, -0.1) is 32.6 Å². The number of ether oxygens (including phenoxy) is 2. The Morgan fingerprint density at radius 1 is 1.21 bits per heavy atom. The minimum atomic E-state index is -3.91. The van der Waals surface area contributed by atoms with Crippen molar-refractivity contribution in [2.45, 2.75) is 51.0 Å². The average molecular weight is 638 g/mol. The molecule has 1 aromatic carbocycles. The zero-order chi connectivity index (χ0) is 30.5. The third-order valence-corrected chi connectivity index (χ3v) is 8.23. The van der Waals surface area contributed by atoms with Crippen LogP contribution in [0.15, 0.2) is 34.1 Å². The number of aromatic nitrogens is 1. The zero-order valence-electron chi connectivity index (χ0n) is 23.0. The SMILES string of the molecule is Cc1cn(COC(=O)C(C)(C)COCC(CO[N+](=O)[O-])O[N+](=O)[O-])c(=O)c2cccc(S(=O)(=O)N3CC[C@H](N)C3)c12.Cl. The van der Waals surface area contributed by atoms with Crippen molar-refractivity contribution in [3.8, 4) is 0 Å². The number of hydrogen-bond donors (Lipinski definition) is 1. The number of aryl methyl sites for hydroxylation is 1. The second kappa shape index (κ2) is 14.1. The molecule has 2 N–H and O–H groups in total. The van der Waals surface area contributed by atoms with E-state index in [0.717, 1.165) is 4.57 Å². The fraction of sp³-hybridized carbons (Fsp3) is 0.565. The van der Waals surface area contributed by atoms with Gasteiger partial charge in [-0.2, -0.15) is 4.31 Å². The molecule has 17 nitrogen and oxygen atoms in total. The predicted octanol–water partition coefficient (Wildman–Crippen LogP) is 0.782. The lowest BCUT2D eigenvalue weighted by Gasteiger charge is -2.24. The molecule has 1 fully saturated rings. The van der Waals surface area contributed by atoms with Crippen molar-refractivity contribution in [3.63, 3.8) is 0 Å². The van der Waals surface area contributed by atoms with Crippen molar-refractivity contribution < 1.29 is 42.5 Å². The molecule has 0 saturated carbocycles. The Bertz CT molecular complexity index is 1480. The number of fused-ring (bicyclic) bond motifs is 1. The van der Waals surface area contributed by atoms with Crippen LogP contribution in [-0.2, 0) is 40.7 Å².